The van der Waals surface area contributed by atoms with Crippen LogP contribution in [0, 0.1) is 19.7 Å². The molecule has 0 saturated heterocycles. The molecule has 1 N–H and O–H groups in total. The van der Waals surface area contributed by atoms with Crippen LogP contribution in [0.1, 0.15) is 11.1 Å². The Morgan fingerprint density at radius 3 is 2.88 bits per heavy atom. The Morgan fingerprint density at radius 1 is 1.21 bits per heavy atom. The van der Waals surface area contributed by atoms with E-state index < -0.39 is 5.82 Å². The van der Waals surface area contributed by atoms with Gasteiger partial charge in [0.1, 0.15) is 17.1 Å². The standard InChI is InChI=1S/C19H17FN2O2/c1-12-6-7-13(2)17(10-12)24-11-18(23)22-16-8-9-21-19-14(16)4-3-5-15(19)20/h3-10H,11H2,1-2H3,(H,21,22,23). The number of benzene rings is 2. The Hall–Kier alpha value is -2.95. The second-order valence-electron chi connectivity index (χ2n) is 5.60. The highest BCUT2D eigenvalue weighted by Crippen LogP contribution is 2.23. The van der Waals surface area contributed by atoms with Gasteiger partial charge in [0.2, 0.25) is 0 Å². The Kier molecular flexibility index (Phi) is 4.42. The number of pyridine rings is 1. The van der Waals surface area contributed by atoms with E-state index in [1.165, 1.54) is 12.3 Å². The number of hydrogen-bond acceptors (Lipinski definition) is 3. The molecule has 0 aliphatic heterocycles. The van der Waals surface area contributed by atoms with Gasteiger partial charge in [0, 0.05) is 11.6 Å². The predicted octanol–water partition coefficient (Wildman–Crippen LogP) is 4.01. The van der Waals surface area contributed by atoms with Gasteiger partial charge in [0.05, 0.1) is 5.69 Å². The largest absolute Gasteiger partial charge is 0.483 e. The number of carbonyl (C=O) groups is 1. The molecule has 2 aromatic carbocycles. The van der Waals surface area contributed by atoms with E-state index in [-0.39, 0.29) is 18.0 Å². The monoisotopic (exact) mass is 324 g/mol. The summed E-state index contributed by atoms with van der Waals surface area (Å²) < 4.78 is 19.3. The molecule has 1 heterocycles. The Labute approximate surface area is 139 Å². The smallest absolute Gasteiger partial charge is 0.262 e. The van der Waals surface area contributed by atoms with E-state index in [1.54, 1.807) is 18.2 Å². The third-order valence-electron chi connectivity index (χ3n) is 3.70. The minimum absolute atomic E-state index is 0.122. The molecular weight excluding hydrogens is 307 g/mol. The molecule has 1 amide bonds. The number of nitrogens with zero attached hydrogens (tertiary/aromatic N) is 1. The summed E-state index contributed by atoms with van der Waals surface area (Å²) >= 11 is 0. The molecule has 0 bridgehead atoms. The van der Waals surface area contributed by atoms with Crippen molar-refractivity contribution in [3.63, 3.8) is 0 Å². The molecule has 0 saturated carbocycles. The van der Waals surface area contributed by atoms with Crippen LogP contribution in [0.2, 0.25) is 0 Å². The maximum Gasteiger partial charge on any atom is 0.262 e. The first-order chi connectivity index (χ1) is 11.5. The van der Waals surface area contributed by atoms with Gasteiger partial charge >= 0.3 is 0 Å². The lowest BCUT2D eigenvalue weighted by Gasteiger charge is -2.11. The zero-order valence-electron chi connectivity index (χ0n) is 13.5. The van der Waals surface area contributed by atoms with Crippen LogP contribution in [0.4, 0.5) is 10.1 Å². The maximum atomic E-state index is 13.8. The van der Waals surface area contributed by atoms with Crippen LogP contribution in [0.5, 0.6) is 5.75 Å². The third kappa shape index (κ3) is 3.35. The van der Waals surface area contributed by atoms with Gasteiger partial charge in [-0.05, 0) is 43.2 Å². The fourth-order valence-electron chi connectivity index (χ4n) is 2.44. The van der Waals surface area contributed by atoms with Crippen LogP contribution >= 0.6 is 0 Å². The van der Waals surface area contributed by atoms with Gasteiger partial charge in [-0.2, -0.15) is 0 Å². The van der Waals surface area contributed by atoms with E-state index in [1.807, 2.05) is 32.0 Å². The van der Waals surface area contributed by atoms with Crippen molar-refractivity contribution >= 4 is 22.5 Å². The quantitative estimate of drug-likeness (QED) is 0.789. The molecule has 24 heavy (non-hydrogen) atoms. The summed E-state index contributed by atoms with van der Waals surface area (Å²) in [6.07, 6.45) is 1.46. The maximum absolute atomic E-state index is 13.8. The van der Waals surface area contributed by atoms with E-state index in [2.05, 4.69) is 10.3 Å². The average Bonchev–Trinajstić information content (AvgIpc) is 2.57. The zero-order valence-corrected chi connectivity index (χ0v) is 13.5. The summed E-state index contributed by atoms with van der Waals surface area (Å²) in [4.78, 5) is 16.2. The molecule has 0 fully saturated rings. The summed E-state index contributed by atoms with van der Waals surface area (Å²) in [5, 5.41) is 3.30. The summed E-state index contributed by atoms with van der Waals surface area (Å²) in [6, 6.07) is 12.1. The average molecular weight is 324 g/mol. The number of para-hydroxylation sites is 1. The van der Waals surface area contributed by atoms with Crippen LogP contribution in [-0.4, -0.2) is 17.5 Å². The molecule has 3 aromatic rings. The van der Waals surface area contributed by atoms with E-state index >= 15 is 0 Å². The SMILES string of the molecule is Cc1ccc(C)c(OCC(=O)Nc2ccnc3c(F)cccc23)c1. The molecule has 3 rings (SSSR count). The second-order valence-corrected chi connectivity index (χ2v) is 5.60. The number of aromatic nitrogens is 1. The molecule has 122 valence electrons. The molecule has 0 atom stereocenters. The fraction of sp³-hybridized carbons (Fsp3) is 0.158. The first-order valence-electron chi connectivity index (χ1n) is 7.58. The van der Waals surface area contributed by atoms with Crippen LogP contribution in [0.3, 0.4) is 0 Å². The minimum Gasteiger partial charge on any atom is -0.483 e. The fourth-order valence-corrected chi connectivity index (χ4v) is 2.44. The molecule has 0 unspecified atom stereocenters. The Bertz CT molecular complexity index is 909. The molecule has 0 spiro atoms. The molecule has 0 aliphatic carbocycles. The first-order valence-corrected chi connectivity index (χ1v) is 7.58. The number of ether oxygens (including phenoxy) is 1. The van der Waals surface area contributed by atoms with Crippen molar-refractivity contribution < 1.29 is 13.9 Å². The Morgan fingerprint density at radius 2 is 2.04 bits per heavy atom. The number of anilines is 1. The van der Waals surface area contributed by atoms with E-state index in [4.69, 9.17) is 4.74 Å². The van der Waals surface area contributed by atoms with Gasteiger partial charge in [-0.15, -0.1) is 0 Å². The lowest BCUT2D eigenvalue weighted by Crippen LogP contribution is -2.20. The third-order valence-corrected chi connectivity index (χ3v) is 3.70. The molecule has 4 nitrogen and oxygen atoms in total. The summed E-state index contributed by atoms with van der Waals surface area (Å²) in [7, 11) is 0. The van der Waals surface area contributed by atoms with Gasteiger partial charge in [-0.1, -0.05) is 24.3 Å². The zero-order chi connectivity index (χ0) is 17.1. The van der Waals surface area contributed by atoms with Crippen molar-refractivity contribution in [3.05, 3.63) is 65.6 Å². The number of nitrogens with one attached hydrogen (secondary N) is 1. The van der Waals surface area contributed by atoms with E-state index in [9.17, 15) is 9.18 Å². The van der Waals surface area contributed by atoms with Gasteiger partial charge in [-0.25, -0.2) is 4.39 Å². The molecular formula is C19H17FN2O2. The molecule has 1 aromatic heterocycles. The van der Waals surface area contributed by atoms with Crippen molar-refractivity contribution in [3.8, 4) is 5.75 Å². The predicted molar refractivity (Wildman–Crippen MR) is 91.7 cm³/mol. The highest BCUT2D eigenvalue weighted by atomic mass is 19.1. The van der Waals surface area contributed by atoms with Gasteiger partial charge < -0.3 is 10.1 Å². The number of aryl methyl sites for hydroxylation is 2. The highest BCUT2D eigenvalue weighted by Gasteiger charge is 2.10. The van der Waals surface area contributed by atoms with Crippen molar-refractivity contribution in [2.75, 3.05) is 11.9 Å². The number of amides is 1. The second kappa shape index (κ2) is 6.66. The van der Waals surface area contributed by atoms with Gasteiger partial charge in [0.15, 0.2) is 6.61 Å². The summed E-state index contributed by atoms with van der Waals surface area (Å²) in [6.45, 7) is 3.76. The van der Waals surface area contributed by atoms with Crippen LogP contribution in [0.15, 0.2) is 48.7 Å². The van der Waals surface area contributed by atoms with Gasteiger partial charge in [0.25, 0.3) is 5.91 Å². The number of halogens is 1. The van der Waals surface area contributed by atoms with E-state index in [0.29, 0.717) is 16.8 Å². The number of rotatable bonds is 4. The topological polar surface area (TPSA) is 51.2 Å². The lowest BCUT2D eigenvalue weighted by molar-refractivity contribution is -0.118. The first kappa shape index (κ1) is 15.9. The Balaban J connectivity index is 1.74. The van der Waals surface area contributed by atoms with Crippen molar-refractivity contribution in [2.45, 2.75) is 13.8 Å². The molecule has 0 aliphatic rings. The van der Waals surface area contributed by atoms with Crippen LogP contribution in [-0.2, 0) is 4.79 Å². The van der Waals surface area contributed by atoms with Crippen molar-refractivity contribution in [1.82, 2.24) is 4.98 Å². The minimum atomic E-state index is -0.421. The van der Waals surface area contributed by atoms with Crippen molar-refractivity contribution in [1.29, 1.82) is 0 Å². The molecule has 5 heteroatoms. The number of hydrogen-bond donors (Lipinski definition) is 1. The summed E-state index contributed by atoms with van der Waals surface area (Å²) in [5.74, 6) is -0.0568. The normalized spacial score (nSPS) is 10.6. The number of carbonyl (C=O) groups excluding carboxylic acids is 1. The van der Waals surface area contributed by atoms with Crippen molar-refractivity contribution in [2.24, 2.45) is 0 Å². The lowest BCUT2D eigenvalue weighted by atomic mass is 10.1. The van der Waals surface area contributed by atoms with Gasteiger partial charge in [-0.3, -0.25) is 9.78 Å². The number of fused-ring (bicyclic) bond motifs is 1. The van der Waals surface area contributed by atoms with Crippen LogP contribution < -0.4 is 10.1 Å². The summed E-state index contributed by atoms with van der Waals surface area (Å²) in [5.41, 5.74) is 2.76. The van der Waals surface area contributed by atoms with E-state index in [0.717, 1.165) is 11.1 Å². The molecule has 0 radical (unpaired) electrons. The highest BCUT2D eigenvalue weighted by molar-refractivity contribution is 6.01. The van der Waals surface area contributed by atoms with Crippen LogP contribution in [0.25, 0.3) is 10.9 Å².